The smallest absolute Gasteiger partial charge is 0.247 e. The van der Waals surface area contributed by atoms with Gasteiger partial charge in [0.15, 0.2) is 0 Å². The van der Waals surface area contributed by atoms with Crippen LogP contribution in [0.25, 0.3) is 0 Å². The Hall–Kier alpha value is -0.790. The summed E-state index contributed by atoms with van der Waals surface area (Å²) in [5, 5.41) is 0. The molecule has 2 rings (SSSR count). The standard InChI is InChI=1S/C13H21NO/c1-2-3-6-9-14-12-8-5-4-7-11(12)10-13(14)15/h10,12H,2-9H2,1H3. The number of carbonyl (C=O) groups is 1. The predicted octanol–water partition coefficient (Wildman–Crippen LogP) is 2.89. The Morgan fingerprint density at radius 3 is 3.07 bits per heavy atom. The van der Waals surface area contributed by atoms with Gasteiger partial charge in [-0.15, -0.1) is 0 Å². The van der Waals surface area contributed by atoms with Gasteiger partial charge in [0, 0.05) is 12.6 Å². The molecule has 0 aromatic rings. The molecular formula is C13H21NO. The summed E-state index contributed by atoms with van der Waals surface area (Å²) in [4.78, 5) is 13.9. The monoisotopic (exact) mass is 207 g/mol. The Morgan fingerprint density at radius 2 is 2.27 bits per heavy atom. The maximum Gasteiger partial charge on any atom is 0.247 e. The van der Waals surface area contributed by atoms with Gasteiger partial charge in [0.1, 0.15) is 0 Å². The first-order valence-electron chi connectivity index (χ1n) is 6.34. The maximum atomic E-state index is 11.8. The maximum absolute atomic E-state index is 11.8. The Kier molecular flexibility index (Phi) is 3.45. The fourth-order valence-electron chi connectivity index (χ4n) is 2.74. The number of carbonyl (C=O) groups excluding carboxylic acids is 1. The van der Waals surface area contributed by atoms with Gasteiger partial charge in [-0.1, -0.05) is 26.2 Å². The van der Waals surface area contributed by atoms with Crippen LogP contribution in [-0.4, -0.2) is 23.4 Å². The molecule has 1 saturated carbocycles. The Labute approximate surface area is 92.3 Å². The second-order valence-electron chi connectivity index (χ2n) is 4.72. The number of fused-ring (bicyclic) bond motifs is 1. The number of hydrogen-bond acceptors (Lipinski definition) is 1. The summed E-state index contributed by atoms with van der Waals surface area (Å²) in [6, 6.07) is 0.475. The number of nitrogens with zero attached hydrogens (tertiary/aromatic N) is 1. The van der Waals surface area contributed by atoms with Crippen LogP contribution < -0.4 is 0 Å². The van der Waals surface area contributed by atoms with Crippen molar-refractivity contribution < 1.29 is 4.79 Å². The van der Waals surface area contributed by atoms with E-state index in [1.165, 1.54) is 44.1 Å². The highest BCUT2D eigenvalue weighted by molar-refractivity contribution is 5.92. The molecule has 1 fully saturated rings. The molecule has 1 amide bonds. The largest absolute Gasteiger partial charge is 0.332 e. The summed E-state index contributed by atoms with van der Waals surface area (Å²) in [6.07, 6.45) is 10.5. The van der Waals surface area contributed by atoms with Crippen LogP contribution >= 0.6 is 0 Å². The van der Waals surface area contributed by atoms with E-state index in [-0.39, 0.29) is 5.91 Å². The van der Waals surface area contributed by atoms with Crippen LogP contribution in [0, 0.1) is 0 Å². The molecular weight excluding hydrogens is 186 g/mol. The third kappa shape index (κ3) is 2.24. The SMILES string of the molecule is CCCCCN1C(=O)C=C2CCCCC21. The molecule has 2 heteroatoms. The fourth-order valence-corrected chi connectivity index (χ4v) is 2.74. The molecule has 0 aromatic carbocycles. The molecule has 2 nitrogen and oxygen atoms in total. The van der Waals surface area contributed by atoms with Gasteiger partial charge in [0.05, 0.1) is 6.04 Å². The fraction of sp³-hybridized carbons (Fsp3) is 0.769. The Balaban J connectivity index is 1.92. The van der Waals surface area contributed by atoms with Gasteiger partial charge in [-0.25, -0.2) is 0 Å². The molecule has 0 saturated heterocycles. The molecule has 15 heavy (non-hydrogen) atoms. The van der Waals surface area contributed by atoms with Gasteiger partial charge in [-0.3, -0.25) is 4.79 Å². The lowest BCUT2D eigenvalue weighted by atomic mass is 9.91. The predicted molar refractivity (Wildman–Crippen MR) is 61.6 cm³/mol. The van der Waals surface area contributed by atoms with Crippen molar-refractivity contribution in [1.82, 2.24) is 4.90 Å². The Bertz CT molecular complexity index is 270. The molecule has 1 aliphatic carbocycles. The van der Waals surface area contributed by atoms with Crippen LogP contribution in [-0.2, 0) is 4.79 Å². The molecule has 0 N–H and O–H groups in total. The molecule has 1 heterocycles. The van der Waals surface area contributed by atoms with Crippen molar-refractivity contribution in [1.29, 1.82) is 0 Å². The minimum atomic E-state index is 0.271. The first-order valence-corrected chi connectivity index (χ1v) is 6.34. The quantitative estimate of drug-likeness (QED) is 0.649. The van der Waals surface area contributed by atoms with Gasteiger partial charge in [0.25, 0.3) is 0 Å². The number of amides is 1. The highest BCUT2D eigenvalue weighted by atomic mass is 16.2. The van der Waals surface area contributed by atoms with Crippen molar-refractivity contribution in [3.05, 3.63) is 11.6 Å². The third-order valence-corrected chi connectivity index (χ3v) is 3.59. The first-order chi connectivity index (χ1) is 7.33. The topological polar surface area (TPSA) is 20.3 Å². The average Bonchev–Trinajstić information content (AvgIpc) is 2.56. The second kappa shape index (κ2) is 4.82. The first kappa shape index (κ1) is 10.7. The van der Waals surface area contributed by atoms with Crippen LogP contribution in [0.15, 0.2) is 11.6 Å². The molecule has 0 radical (unpaired) electrons. The lowest BCUT2D eigenvalue weighted by Gasteiger charge is -2.30. The zero-order valence-corrected chi connectivity index (χ0v) is 9.67. The van der Waals surface area contributed by atoms with Crippen LogP contribution in [0.4, 0.5) is 0 Å². The van der Waals surface area contributed by atoms with E-state index < -0.39 is 0 Å². The third-order valence-electron chi connectivity index (χ3n) is 3.59. The lowest BCUT2D eigenvalue weighted by Crippen LogP contribution is -2.37. The molecule has 84 valence electrons. The number of rotatable bonds is 4. The van der Waals surface area contributed by atoms with E-state index in [9.17, 15) is 4.79 Å². The highest BCUT2D eigenvalue weighted by Gasteiger charge is 2.33. The average molecular weight is 207 g/mol. The minimum Gasteiger partial charge on any atom is -0.332 e. The van der Waals surface area contributed by atoms with E-state index in [0.717, 1.165) is 13.0 Å². The van der Waals surface area contributed by atoms with Crippen molar-refractivity contribution in [2.24, 2.45) is 0 Å². The molecule has 1 atom stereocenters. The van der Waals surface area contributed by atoms with Gasteiger partial charge in [-0.2, -0.15) is 0 Å². The van der Waals surface area contributed by atoms with Crippen molar-refractivity contribution in [3.8, 4) is 0 Å². The molecule has 1 unspecified atom stereocenters. The molecule has 2 aliphatic rings. The zero-order chi connectivity index (χ0) is 10.7. The highest BCUT2D eigenvalue weighted by Crippen LogP contribution is 2.32. The van der Waals surface area contributed by atoms with E-state index in [2.05, 4.69) is 11.8 Å². The van der Waals surface area contributed by atoms with E-state index in [0.29, 0.717) is 6.04 Å². The summed E-state index contributed by atoms with van der Waals surface area (Å²) in [7, 11) is 0. The number of unbranched alkanes of at least 4 members (excludes halogenated alkanes) is 2. The second-order valence-corrected chi connectivity index (χ2v) is 4.72. The van der Waals surface area contributed by atoms with Gasteiger partial charge < -0.3 is 4.90 Å². The summed E-state index contributed by atoms with van der Waals surface area (Å²) in [5.74, 6) is 0.271. The minimum absolute atomic E-state index is 0.271. The van der Waals surface area contributed by atoms with Crippen LogP contribution in [0.5, 0.6) is 0 Å². The number of hydrogen-bond donors (Lipinski definition) is 0. The van der Waals surface area contributed by atoms with Crippen molar-refractivity contribution in [2.45, 2.75) is 57.9 Å². The molecule has 0 bridgehead atoms. The summed E-state index contributed by atoms with van der Waals surface area (Å²) < 4.78 is 0. The summed E-state index contributed by atoms with van der Waals surface area (Å²) >= 11 is 0. The van der Waals surface area contributed by atoms with Crippen LogP contribution in [0.3, 0.4) is 0 Å². The van der Waals surface area contributed by atoms with E-state index in [1.807, 2.05) is 6.08 Å². The van der Waals surface area contributed by atoms with Crippen molar-refractivity contribution in [3.63, 3.8) is 0 Å². The molecule has 0 aromatic heterocycles. The summed E-state index contributed by atoms with van der Waals surface area (Å²) in [6.45, 7) is 3.17. The van der Waals surface area contributed by atoms with Gasteiger partial charge in [0.2, 0.25) is 5.91 Å². The van der Waals surface area contributed by atoms with Gasteiger partial charge >= 0.3 is 0 Å². The van der Waals surface area contributed by atoms with E-state index in [4.69, 9.17) is 0 Å². The van der Waals surface area contributed by atoms with Crippen LogP contribution in [0.1, 0.15) is 51.9 Å². The normalized spacial score (nSPS) is 25.4. The molecule has 0 spiro atoms. The summed E-state index contributed by atoms with van der Waals surface area (Å²) in [5.41, 5.74) is 1.41. The van der Waals surface area contributed by atoms with Crippen LogP contribution in [0.2, 0.25) is 0 Å². The van der Waals surface area contributed by atoms with E-state index >= 15 is 0 Å². The van der Waals surface area contributed by atoms with Crippen molar-refractivity contribution >= 4 is 5.91 Å². The Morgan fingerprint density at radius 1 is 1.40 bits per heavy atom. The lowest BCUT2D eigenvalue weighted by molar-refractivity contribution is -0.126. The van der Waals surface area contributed by atoms with Gasteiger partial charge in [-0.05, 0) is 31.3 Å². The zero-order valence-electron chi connectivity index (χ0n) is 9.67. The van der Waals surface area contributed by atoms with E-state index in [1.54, 1.807) is 0 Å². The molecule has 1 aliphatic heterocycles. The van der Waals surface area contributed by atoms with Crippen molar-refractivity contribution in [2.75, 3.05) is 6.54 Å².